The number of hydrogen-bond acceptors (Lipinski definition) is 4. The molecule has 0 atom stereocenters. The summed E-state index contributed by atoms with van der Waals surface area (Å²) in [5.41, 5.74) is 1.15. The van der Waals surface area contributed by atoms with E-state index in [0.717, 1.165) is 28.0 Å². The number of methoxy groups -OCH3 is 1. The number of pyridine rings is 1. The monoisotopic (exact) mass is 409 g/mol. The van der Waals surface area contributed by atoms with Gasteiger partial charge in [-0.25, -0.2) is 4.98 Å². The number of nitrogens with one attached hydrogen (secondary N) is 2. The summed E-state index contributed by atoms with van der Waals surface area (Å²) in [7, 11) is 1.64. The first kappa shape index (κ1) is 18.5. The van der Waals surface area contributed by atoms with Crippen LogP contribution in [0.3, 0.4) is 0 Å². The van der Waals surface area contributed by atoms with Gasteiger partial charge in [-0.3, -0.25) is 0 Å². The maximum atomic E-state index is 5.52. The minimum Gasteiger partial charge on any atom is -0.493 e. The molecule has 0 aliphatic rings. The van der Waals surface area contributed by atoms with Crippen molar-refractivity contribution in [3.63, 3.8) is 0 Å². The molecule has 1 heterocycles. The third-order valence-electron chi connectivity index (χ3n) is 3.20. The average molecular weight is 410 g/mol. The highest BCUT2D eigenvalue weighted by molar-refractivity contribution is 9.10. The van der Waals surface area contributed by atoms with E-state index in [1.165, 1.54) is 0 Å². The molecule has 0 radical (unpaired) electrons. The Balaban J connectivity index is 1.82. The van der Waals surface area contributed by atoms with E-state index in [9.17, 15) is 0 Å². The van der Waals surface area contributed by atoms with Gasteiger partial charge in [-0.1, -0.05) is 6.07 Å². The third-order valence-corrected chi connectivity index (χ3v) is 3.91. The first-order valence-electron chi connectivity index (χ1n) is 7.58. The molecule has 0 unspecified atom stereocenters. The molecule has 2 N–H and O–H groups in total. The minimum atomic E-state index is 0.544. The van der Waals surface area contributed by atoms with Crippen molar-refractivity contribution in [1.29, 1.82) is 0 Å². The number of benzene rings is 1. The lowest BCUT2D eigenvalue weighted by Gasteiger charge is -2.12. The molecular weight excluding hydrogens is 390 g/mol. The number of ether oxygens (including phenoxy) is 2. The highest BCUT2D eigenvalue weighted by atomic mass is 79.9. The molecule has 0 bridgehead atoms. The Labute approximate surface area is 155 Å². The lowest BCUT2D eigenvalue weighted by Crippen LogP contribution is -2.30. The van der Waals surface area contributed by atoms with Crippen molar-refractivity contribution >= 4 is 39.1 Å². The van der Waals surface area contributed by atoms with Crippen molar-refractivity contribution in [2.45, 2.75) is 13.3 Å². The summed E-state index contributed by atoms with van der Waals surface area (Å²) in [6.07, 6.45) is 2.54. The van der Waals surface area contributed by atoms with Crippen LogP contribution in [-0.2, 0) is 6.42 Å². The molecule has 0 saturated heterocycles. The van der Waals surface area contributed by atoms with Crippen molar-refractivity contribution in [3.05, 3.63) is 46.6 Å². The number of thiocarbonyl (C=S) groups is 1. The van der Waals surface area contributed by atoms with Gasteiger partial charge in [-0.2, -0.15) is 0 Å². The van der Waals surface area contributed by atoms with Crippen LogP contribution < -0.4 is 20.1 Å². The van der Waals surface area contributed by atoms with Crippen LogP contribution in [0.25, 0.3) is 0 Å². The van der Waals surface area contributed by atoms with Gasteiger partial charge in [0.2, 0.25) is 0 Å². The lowest BCUT2D eigenvalue weighted by molar-refractivity contribution is 0.310. The van der Waals surface area contributed by atoms with E-state index < -0.39 is 0 Å². The minimum absolute atomic E-state index is 0.544. The zero-order valence-electron chi connectivity index (χ0n) is 13.6. The summed E-state index contributed by atoms with van der Waals surface area (Å²) in [6.45, 7) is 3.27. The molecule has 24 heavy (non-hydrogen) atoms. The predicted octanol–water partition coefficient (Wildman–Crippen LogP) is 3.78. The van der Waals surface area contributed by atoms with Crippen molar-refractivity contribution in [2.75, 3.05) is 25.6 Å². The Kier molecular flexibility index (Phi) is 7.27. The Bertz CT molecular complexity index is 680. The standard InChI is InChI=1S/C17H20BrN3O2S/c1-3-23-14-6-4-12(10-15(14)22-2)8-9-19-17(24)21-16-7-5-13(18)11-20-16/h4-7,10-11H,3,8-9H2,1-2H3,(H2,19,20,21,24). The molecule has 0 aliphatic carbocycles. The van der Waals surface area contributed by atoms with Crippen LogP contribution in [0.4, 0.5) is 5.82 Å². The molecule has 0 saturated carbocycles. The van der Waals surface area contributed by atoms with Gasteiger partial charge in [0.1, 0.15) is 5.82 Å². The van der Waals surface area contributed by atoms with Gasteiger partial charge < -0.3 is 20.1 Å². The Morgan fingerprint density at radius 2 is 2.08 bits per heavy atom. The Hall–Kier alpha value is -1.86. The van der Waals surface area contributed by atoms with Gasteiger partial charge >= 0.3 is 0 Å². The zero-order chi connectivity index (χ0) is 17.4. The lowest BCUT2D eigenvalue weighted by atomic mass is 10.1. The van der Waals surface area contributed by atoms with E-state index in [4.69, 9.17) is 21.7 Å². The number of anilines is 1. The van der Waals surface area contributed by atoms with Crippen molar-refractivity contribution in [1.82, 2.24) is 10.3 Å². The molecular formula is C17H20BrN3O2S. The van der Waals surface area contributed by atoms with Crippen LogP contribution in [0, 0.1) is 0 Å². The SMILES string of the molecule is CCOc1ccc(CCNC(=S)Nc2ccc(Br)cn2)cc1OC. The summed E-state index contributed by atoms with van der Waals surface area (Å²) in [6, 6.07) is 9.71. The topological polar surface area (TPSA) is 55.4 Å². The van der Waals surface area contributed by atoms with Gasteiger partial charge in [0, 0.05) is 17.2 Å². The van der Waals surface area contributed by atoms with Crippen LogP contribution in [0.1, 0.15) is 12.5 Å². The van der Waals surface area contributed by atoms with Gasteiger partial charge in [-0.15, -0.1) is 0 Å². The number of aromatic nitrogens is 1. The van der Waals surface area contributed by atoms with E-state index in [1.54, 1.807) is 13.3 Å². The fourth-order valence-corrected chi connectivity index (χ4v) is 2.51. The molecule has 7 heteroatoms. The van der Waals surface area contributed by atoms with Gasteiger partial charge in [0.25, 0.3) is 0 Å². The molecule has 1 aromatic heterocycles. The summed E-state index contributed by atoms with van der Waals surface area (Å²) in [5.74, 6) is 2.21. The first-order chi connectivity index (χ1) is 11.6. The summed E-state index contributed by atoms with van der Waals surface area (Å²) in [4.78, 5) is 4.22. The molecule has 0 fully saturated rings. The first-order valence-corrected chi connectivity index (χ1v) is 8.78. The van der Waals surface area contributed by atoms with Gasteiger partial charge in [0.15, 0.2) is 16.6 Å². The molecule has 0 amide bonds. The van der Waals surface area contributed by atoms with Crippen molar-refractivity contribution < 1.29 is 9.47 Å². The van der Waals surface area contributed by atoms with Crippen molar-refractivity contribution in [3.8, 4) is 11.5 Å². The van der Waals surface area contributed by atoms with Gasteiger partial charge in [-0.05, 0) is 71.3 Å². The molecule has 128 valence electrons. The fourth-order valence-electron chi connectivity index (χ4n) is 2.07. The number of nitrogens with zero attached hydrogens (tertiary/aromatic N) is 1. The van der Waals surface area contributed by atoms with Crippen molar-refractivity contribution in [2.24, 2.45) is 0 Å². The normalized spacial score (nSPS) is 10.1. The maximum Gasteiger partial charge on any atom is 0.171 e. The highest BCUT2D eigenvalue weighted by Gasteiger charge is 2.05. The van der Waals surface area contributed by atoms with Crippen LogP contribution in [0.2, 0.25) is 0 Å². The second-order valence-corrected chi connectivity index (χ2v) is 6.23. The zero-order valence-corrected chi connectivity index (χ0v) is 16.0. The summed E-state index contributed by atoms with van der Waals surface area (Å²) < 4.78 is 11.8. The quantitative estimate of drug-likeness (QED) is 0.678. The Morgan fingerprint density at radius 3 is 2.75 bits per heavy atom. The number of rotatable bonds is 7. The van der Waals surface area contributed by atoms with Crippen LogP contribution in [-0.4, -0.2) is 30.4 Å². The second kappa shape index (κ2) is 9.44. The van der Waals surface area contributed by atoms with E-state index in [1.807, 2.05) is 37.3 Å². The molecule has 2 aromatic rings. The molecule has 1 aromatic carbocycles. The van der Waals surface area contributed by atoms with Crippen LogP contribution in [0.5, 0.6) is 11.5 Å². The highest BCUT2D eigenvalue weighted by Crippen LogP contribution is 2.28. The molecule has 0 spiro atoms. The predicted molar refractivity (Wildman–Crippen MR) is 104 cm³/mol. The number of halogens is 1. The van der Waals surface area contributed by atoms with Crippen LogP contribution in [0.15, 0.2) is 41.0 Å². The Morgan fingerprint density at radius 1 is 1.25 bits per heavy atom. The molecule has 5 nitrogen and oxygen atoms in total. The van der Waals surface area contributed by atoms with Crippen LogP contribution >= 0.6 is 28.1 Å². The van der Waals surface area contributed by atoms with E-state index in [0.29, 0.717) is 24.1 Å². The molecule has 0 aliphatic heterocycles. The third kappa shape index (κ3) is 5.65. The second-order valence-electron chi connectivity index (χ2n) is 4.91. The average Bonchev–Trinajstić information content (AvgIpc) is 2.58. The van der Waals surface area contributed by atoms with Gasteiger partial charge in [0.05, 0.1) is 13.7 Å². The largest absolute Gasteiger partial charge is 0.493 e. The fraction of sp³-hybridized carbons (Fsp3) is 0.294. The maximum absolute atomic E-state index is 5.52. The van der Waals surface area contributed by atoms with E-state index >= 15 is 0 Å². The van der Waals surface area contributed by atoms with E-state index in [2.05, 4.69) is 31.5 Å². The smallest absolute Gasteiger partial charge is 0.171 e. The summed E-state index contributed by atoms with van der Waals surface area (Å²) >= 11 is 8.62. The number of hydrogen-bond donors (Lipinski definition) is 2. The van der Waals surface area contributed by atoms with E-state index in [-0.39, 0.29) is 0 Å². The summed E-state index contributed by atoms with van der Waals surface area (Å²) in [5, 5.41) is 6.76. The molecule has 2 rings (SSSR count).